The minimum atomic E-state index is -2.47. The Morgan fingerprint density at radius 2 is 1.57 bits per heavy atom. The van der Waals surface area contributed by atoms with Crippen molar-refractivity contribution in [1.82, 2.24) is 0 Å². The van der Waals surface area contributed by atoms with Crippen LogP contribution in [0, 0.1) is 16.7 Å². The first kappa shape index (κ1) is 10.4. The Morgan fingerprint density at radius 1 is 1.07 bits per heavy atom. The lowest BCUT2D eigenvalue weighted by Crippen LogP contribution is -2.34. The number of fused-ring (bicyclic) bond motifs is 2. The van der Waals surface area contributed by atoms with E-state index in [4.69, 9.17) is 0 Å². The van der Waals surface area contributed by atoms with E-state index in [1.807, 2.05) is 0 Å². The van der Waals surface area contributed by atoms with Gasteiger partial charge in [-0.15, -0.1) is 0 Å². The van der Waals surface area contributed by atoms with Crippen LogP contribution in [0.3, 0.4) is 0 Å². The minimum Gasteiger partial charge on any atom is -0.207 e. The third-order valence-electron chi connectivity index (χ3n) is 5.05. The monoisotopic (exact) mass is 202 g/mol. The smallest absolute Gasteiger partial charge is 0.207 e. The van der Waals surface area contributed by atoms with Gasteiger partial charge in [-0.1, -0.05) is 13.8 Å². The van der Waals surface area contributed by atoms with Crippen LogP contribution in [-0.4, -0.2) is 5.92 Å². The van der Waals surface area contributed by atoms with E-state index >= 15 is 0 Å². The summed E-state index contributed by atoms with van der Waals surface area (Å²) < 4.78 is 27.1. The van der Waals surface area contributed by atoms with Gasteiger partial charge in [0.05, 0.1) is 0 Å². The van der Waals surface area contributed by atoms with Crippen molar-refractivity contribution in [2.24, 2.45) is 16.7 Å². The van der Waals surface area contributed by atoms with Crippen LogP contribution in [0.1, 0.15) is 52.9 Å². The first-order chi connectivity index (χ1) is 6.31. The SMILES string of the molecule is CC(C)C12CCC(C(C)(F)F)(CC1)C2. The van der Waals surface area contributed by atoms with Crippen LogP contribution < -0.4 is 0 Å². The fourth-order valence-electron chi connectivity index (χ4n) is 3.63. The van der Waals surface area contributed by atoms with Gasteiger partial charge in [0.15, 0.2) is 0 Å². The predicted molar refractivity (Wildman–Crippen MR) is 53.4 cm³/mol. The number of hydrogen-bond acceptors (Lipinski definition) is 0. The van der Waals surface area contributed by atoms with Crippen LogP contribution in [0.25, 0.3) is 0 Å². The first-order valence-electron chi connectivity index (χ1n) is 5.69. The highest BCUT2D eigenvalue weighted by Gasteiger charge is 2.63. The highest BCUT2D eigenvalue weighted by atomic mass is 19.3. The molecule has 0 unspecified atom stereocenters. The maximum absolute atomic E-state index is 13.5. The molecule has 0 saturated heterocycles. The second kappa shape index (κ2) is 2.70. The molecule has 0 aromatic heterocycles. The van der Waals surface area contributed by atoms with Gasteiger partial charge in [-0.2, -0.15) is 0 Å². The molecule has 82 valence electrons. The van der Waals surface area contributed by atoms with Crippen molar-refractivity contribution >= 4 is 0 Å². The molecule has 2 bridgehead atoms. The number of alkyl halides is 2. The number of rotatable bonds is 2. The molecule has 0 radical (unpaired) electrons. The van der Waals surface area contributed by atoms with Gasteiger partial charge in [-0.25, -0.2) is 8.78 Å². The summed E-state index contributed by atoms with van der Waals surface area (Å²) >= 11 is 0. The molecule has 0 aliphatic heterocycles. The van der Waals surface area contributed by atoms with Gasteiger partial charge in [0, 0.05) is 5.41 Å². The molecule has 0 aromatic carbocycles. The van der Waals surface area contributed by atoms with Gasteiger partial charge in [0.25, 0.3) is 5.92 Å². The van der Waals surface area contributed by atoms with Crippen LogP contribution in [0.15, 0.2) is 0 Å². The molecule has 2 fully saturated rings. The lowest BCUT2D eigenvalue weighted by Gasteiger charge is -2.33. The third kappa shape index (κ3) is 1.15. The van der Waals surface area contributed by atoms with E-state index in [1.165, 1.54) is 0 Å². The molecular weight excluding hydrogens is 182 g/mol. The Morgan fingerprint density at radius 3 is 1.79 bits per heavy atom. The molecular formula is C12H20F2. The lowest BCUT2D eigenvalue weighted by atomic mass is 9.74. The van der Waals surface area contributed by atoms with E-state index in [0.29, 0.717) is 5.92 Å². The third-order valence-corrected chi connectivity index (χ3v) is 5.05. The van der Waals surface area contributed by atoms with E-state index in [9.17, 15) is 8.78 Å². The van der Waals surface area contributed by atoms with Crippen molar-refractivity contribution in [2.45, 2.75) is 58.8 Å². The van der Waals surface area contributed by atoms with E-state index in [2.05, 4.69) is 13.8 Å². The summed E-state index contributed by atoms with van der Waals surface area (Å²) in [5.74, 6) is -1.91. The molecule has 0 heterocycles. The maximum Gasteiger partial charge on any atom is 0.250 e. The maximum atomic E-state index is 13.5. The highest BCUT2D eigenvalue weighted by Crippen LogP contribution is 2.68. The van der Waals surface area contributed by atoms with E-state index in [1.54, 1.807) is 0 Å². The normalized spacial score (nSPS) is 42.4. The van der Waals surface area contributed by atoms with Crippen molar-refractivity contribution in [3.63, 3.8) is 0 Å². The van der Waals surface area contributed by atoms with Crippen LogP contribution in [-0.2, 0) is 0 Å². The summed E-state index contributed by atoms with van der Waals surface area (Å²) in [6.07, 6.45) is 4.30. The predicted octanol–water partition coefficient (Wildman–Crippen LogP) is 4.25. The molecule has 2 saturated carbocycles. The van der Waals surface area contributed by atoms with Crippen LogP contribution >= 0.6 is 0 Å². The lowest BCUT2D eigenvalue weighted by molar-refractivity contribution is -0.102. The molecule has 2 aliphatic carbocycles. The van der Waals surface area contributed by atoms with Crippen LogP contribution in [0.2, 0.25) is 0 Å². The summed E-state index contributed by atoms with van der Waals surface area (Å²) in [4.78, 5) is 0. The van der Waals surface area contributed by atoms with Crippen LogP contribution in [0.5, 0.6) is 0 Å². The van der Waals surface area contributed by atoms with Crippen molar-refractivity contribution in [3.05, 3.63) is 0 Å². The minimum absolute atomic E-state index is 0.249. The Bertz CT molecular complexity index is 229. The standard InChI is InChI=1S/C12H20F2/c1-9(2)11-4-6-12(8-11,7-5-11)10(3,13)14/h9H,4-8H2,1-3H3. The van der Waals surface area contributed by atoms with Gasteiger partial charge in [-0.05, 0) is 50.4 Å². The van der Waals surface area contributed by atoms with Crippen LogP contribution in [0.4, 0.5) is 8.78 Å². The molecule has 2 heteroatoms. The average molecular weight is 202 g/mol. The van der Waals surface area contributed by atoms with E-state index in [-0.39, 0.29) is 5.41 Å². The zero-order chi connectivity index (χ0) is 10.6. The molecule has 0 amide bonds. The zero-order valence-electron chi connectivity index (χ0n) is 9.37. The summed E-state index contributed by atoms with van der Waals surface area (Å²) in [6.45, 7) is 5.50. The number of halogens is 2. The quantitative estimate of drug-likeness (QED) is 0.628. The molecule has 0 aromatic rings. The van der Waals surface area contributed by atoms with Crippen molar-refractivity contribution in [3.8, 4) is 0 Å². The second-order valence-corrected chi connectivity index (χ2v) is 5.86. The molecule has 0 spiro atoms. The topological polar surface area (TPSA) is 0 Å². The fraction of sp³-hybridized carbons (Fsp3) is 1.00. The van der Waals surface area contributed by atoms with Crippen molar-refractivity contribution in [1.29, 1.82) is 0 Å². The zero-order valence-corrected chi connectivity index (χ0v) is 9.37. The summed E-state index contributed by atoms with van der Waals surface area (Å²) in [5, 5.41) is 0. The Kier molecular flexibility index (Phi) is 2.01. The Hall–Kier alpha value is -0.140. The van der Waals surface area contributed by atoms with Gasteiger partial charge in [0.1, 0.15) is 0 Å². The average Bonchev–Trinajstić information content (AvgIpc) is 2.59. The molecule has 0 N–H and O–H groups in total. The van der Waals surface area contributed by atoms with Gasteiger partial charge >= 0.3 is 0 Å². The highest BCUT2D eigenvalue weighted by molar-refractivity contribution is 5.09. The number of hydrogen-bond donors (Lipinski definition) is 0. The van der Waals surface area contributed by atoms with E-state index in [0.717, 1.165) is 39.0 Å². The van der Waals surface area contributed by atoms with Gasteiger partial charge < -0.3 is 0 Å². The van der Waals surface area contributed by atoms with Crippen molar-refractivity contribution < 1.29 is 8.78 Å². The molecule has 2 aliphatic rings. The van der Waals surface area contributed by atoms with Gasteiger partial charge in [0.2, 0.25) is 0 Å². The molecule has 2 rings (SSSR count). The first-order valence-corrected chi connectivity index (χ1v) is 5.69. The summed E-state index contributed by atoms with van der Waals surface area (Å²) in [7, 11) is 0. The summed E-state index contributed by atoms with van der Waals surface area (Å²) in [5.41, 5.74) is -0.392. The molecule has 0 nitrogen and oxygen atoms in total. The fourth-order valence-corrected chi connectivity index (χ4v) is 3.63. The summed E-state index contributed by atoms with van der Waals surface area (Å²) in [6, 6.07) is 0. The largest absolute Gasteiger partial charge is 0.250 e. The molecule has 0 atom stereocenters. The van der Waals surface area contributed by atoms with E-state index < -0.39 is 11.3 Å². The van der Waals surface area contributed by atoms with Gasteiger partial charge in [-0.3, -0.25) is 0 Å². The Balaban J connectivity index is 2.25. The Labute approximate surface area is 85.1 Å². The van der Waals surface area contributed by atoms with Crippen molar-refractivity contribution in [2.75, 3.05) is 0 Å². The molecule has 14 heavy (non-hydrogen) atoms. The second-order valence-electron chi connectivity index (χ2n) is 5.86.